The topological polar surface area (TPSA) is 67.2 Å². The number of hydrogen-bond acceptors (Lipinski definition) is 4. The molecule has 6 heteroatoms. The van der Waals surface area contributed by atoms with E-state index in [2.05, 4.69) is 10.4 Å². The van der Waals surface area contributed by atoms with Gasteiger partial charge >= 0.3 is 0 Å². The molecule has 1 aromatic rings. The van der Waals surface area contributed by atoms with Gasteiger partial charge in [0.25, 0.3) is 5.56 Å². The lowest BCUT2D eigenvalue weighted by Crippen LogP contribution is -2.57. The van der Waals surface area contributed by atoms with Crippen molar-refractivity contribution in [3.8, 4) is 0 Å². The first kappa shape index (κ1) is 14.3. The molecule has 1 aliphatic rings. The van der Waals surface area contributed by atoms with Crippen molar-refractivity contribution in [3.05, 3.63) is 21.6 Å². The number of rotatable bonds is 4. The fraction of sp³-hybridized carbons (Fsp3) is 0.692. The van der Waals surface area contributed by atoms with Crippen LogP contribution in [0.5, 0.6) is 0 Å². The van der Waals surface area contributed by atoms with Gasteiger partial charge in [-0.15, -0.1) is 0 Å². The lowest BCUT2D eigenvalue weighted by molar-refractivity contribution is -0.0510. The molecular formula is C13H20ClN3O2. The number of anilines is 1. The van der Waals surface area contributed by atoms with Crippen molar-refractivity contribution >= 4 is 17.3 Å². The van der Waals surface area contributed by atoms with Gasteiger partial charge in [0.15, 0.2) is 0 Å². The summed E-state index contributed by atoms with van der Waals surface area (Å²) in [5.74, 6) is 0. The molecule has 19 heavy (non-hydrogen) atoms. The third-order valence-corrected chi connectivity index (χ3v) is 4.33. The predicted molar refractivity (Wildman–Crippen MR) is 75.6 cm³/mol. The molecule has 1 aromatic heterocycles. The Morgan fingerprint density at radius 2 is 2.32 bits per heavy atom. The normalized spacial score (nSPS) is 24.9. The number of aromatic nitrogens is 2. The quantitative estimate of drug-likeness (QED) is 0.886. The highest BCUT2D eigenvalue weighted by Gasteiger charge is 2.47. The summed E-state index contributed by atoms with van der Waals surface area (Å²) in [6.45, 7) is 6.51. The van der Waals surface area contributed by atoms with E-state index in [0.29, 0.717) is 18.7 Å². The van der Waals surface area contributed by atoms with E-state index in [1.54, 1.807) is 6.20 Å². The van der Waals surface area contributed by atoms with Crippen LogP contribution >= 0.6 is 11.6 Å². The third kappa shape index (κ3) is 2.49. The van der Waals surface area contributed by atoms with Gasteiger partial charge < -0.3 is 10.4 Å². The Morgan fingerprint density at radius 3 is 2.84 bits per heavy atom. The molecule has 0 aliphatic heterocycles. The van der Waals surface area contributed by atoms with E-state index in [1.165, 1.54) is 4.68 Å². The molecule has 0 aromatic carbocycles. The molecule has 2 rings (SSSR count). The first-order valence-electron chi connectivity index (χ1n) is 6.58. The summed E-state index contributed by atoms with van der Waals surface area (Å²) in [5, 5.41) is 17.2. The number of nitrogens with zero attached hydrogens (tertiary/aromatic N) is 2. The lowest BCUT2D eigenvalue weighted by atomic mass is 9.64. The molecule has 0 amide bonds. The minimum absolute atomic E-state index is 0.100. The van der Waals surface area contributed by atoms with Gasteiger partial charge in [-0.3, -0.25) is 4.79 Å². The van der Waals surface area contributed by atoms with Crippen molar-refractivity contribution in [2.45, 2.75) is 52.3 Å². The van der Waals surface area contributed by atoms with Crippen molar-refractivity contribution in [2.75, 3.05) is 5.32 Å². The molecule has 1 aliphatic carbocycles. The van der Waals surface area contributed by atoms with E-state index in [1.807, 2.05) is 20.8 Å². The zero-order valence-electron chi connectivity index (χ0n) is 11.5. The summed E-state index contributed by atoms with van der Waals surface area (Å²) in [7, 11) is 0. The van der Waals surface area contributed by atoms with Gasteiger partial charge in [0.1, 0.15) is 5.02 Å². The molecule has 5 nitrogen and oxygen atoms in total. The summed E-state index contributed by atoms with van der Waals surface area (Å²) < 4.78 is 1.37. The molecule has 2 N–H and O–H groups in total. The Balaban J connectivity index is 2.19. The molecule has 0 bridgehead atoms. The smallest absolute Gasteiger partial charge is 0.287 e. The number of aliphatic hydroxyl groups is 1. The number of hydrogen-bond donors (Lipinski definition) is 2. The standard InChI is InChI=1S/C13H20ClN3O2/c1-4-5-17-12(19)11(14)8(7-15-17)16-9-6-10(18)13(9,2)3/h7,9-10,16,18H,4-6H2,1-3H3. The largest absolute Gasteiger partial charge is 0.392 e. The van der Waals surface area contributed by atoms with Crippen molar-refractivity contribution in [1.29, 1.82) is 0 Å². The van der Waals surface area contributed by atoms with Crippen LogP contribution in [0.3, 0.4) is 0 Å². The summed E-state index contributed by atoms with van der Waals surface area (Å²) >= 11 is 6.09. The van der Waals surface area contributed by atoms with Crippen LogP contribution in [-0.2, 0) is 6.54 Å². The monoisotopic (exact) mass is 285 g/mol. The molecule has 0 saturated heterocycles. The Labute approximate surface area is 117 Å². The number of nitrogens with one attached hydrogen (secondary N) is 1. The van der Waals surface area contributed by atoms with Crippen molar-refractivity contribution in [1.82, 2.24) is 9.78 Å². The Bertz CT molecular complexity index is 527. The van der Waals surface area contributed by atoms with Crippen LogP contribution in [0, 0.1) is 5.41 Å². The SMILES string of the molecule is CCCn1ncc(NC2CC(O)C2(C)C)c(Cl)c1=O. The Kier molecular flexibility index (Phi) is 3.87. The molecule has 1 heterocycles. The minimum Gasteiger partial charge on any atom is -0.392 e. The van der Waals surface area contributed by atoms with Crippen LogP contribution in [0.2, 0.25) is 5.02 Å². The molecule has 0 radical (unpaired) electrons. The van der Waals surface area contributed by atoms with Gasteiger partial charge in [0.05, 0.1) is 18.0 Å². The highest BCUT2D eigenvalue weighted by molar-refractivity contribution is 6.32. The van der Waals surface area contributed by atoms with Crippen molar-refractivity contribution in [2.24, 2.45) is 5.41 Å². The number of aryl methyl sites for hydroxylation is 1. The first-order chi connectivity index (χ1) is 8.87. The van der Waals surface area contributed by atoms with Crippen LogP contribution in [0.25, 0.3) is 0 Å². The molecule has 1 fully saturated rings. The highest BCUT2D eigenvalue weighted by Crippen LogP contribution is 2.42. The predicted octanol–water partition coefficient (Wildman–Crippen LogP) is 1.88. The minimum atomic E-state index is -0.322. The average molecular weight is 286 g/mol. The van der Waals surface area contributed by atoms with Crippen molar-refractivity contribution < 1.29 is 5.11 Å². The van der Waals surface area contributed by atoms with E-state index in [0.717, 1.165) is 6.42 Å². The van der Waals surface area contributed by atoms with Crippen LogP contribution in [0.1, 0.15) is 33.6 Å². The summed E-state index contributed by atoms with van der Waals surface area (Å²) in [5.41, 5.74) is 0.0527. The third-order valence-electron chi connectivity index (χ3n) is 3.97. The van der Waals surface area contributed by atoms with Crippen LogP contribution in [-0.4, -0.2) is 27.0 Å². The fourth-order valence-corrected chi connectivity index (χ4v) is 2.47. The summed E-state index contributed by atoms with van der Waals surface area (Å²) in [6.07, 6.45) is 2.75. The first-order valence-corrected chi connectivity index (χ1v) is 6.96. The van der Waals surface area contributed by atoms with E-state index >= 15 is 0 Å². The molecule has 2 unspecified atom stereocenters. The van der Waals surface area contributed by atoms with Gasteiger partial charge in [-0.1, -0.05) is 32.4 Å². The van der Waals surface area contributed by atoms with E-state index in [4.69, 9.17) is 11.6 Å². The lowest BCUT2D eigenvalue weighted by Gasteiger charge is -2.49. The second-order valence-corrected chi connectivity index (χ2v) is 6.05. The van der Waals surface area contributed by atoms with E-state index in [-0.39, 0.29) is 28.1 Å². The van der Waals surface area contributed by atoms with Gasteiger partial charge in [0.2, 0.25) is 0 Å². The maximum atomic E-state index is 12.0. The molecular weight excluding hydrogens is 266 g/mol. The van der Waals surface area contributed by atoms with Gasteiger partial charge in [-0.2, -0.15) is 5.10 Å². The molecule has 0 spiro atoms. The average Bonchev–Trinajstić information content (AvgIpc) is 2.37. The maximum Gasteiger partial charge on any atom is 0.287 e. The summed E-state index contributed by atoms with van der Waals surface area (Å²) in [4.78, 5) is 12.0. The van der Waals surface area contributed by atoms with Crippen LogP contribution in [0.4, 0.5) is 5.69 Å². The molecule has 1 saturated carbocycles. The van der Waals surface area contributed by atoms with Gasteiger partial charge in [-0.05, 0) is 12.8 Å². The zero-order valence-corrected chi connectivity index (χ0v) is 12.2. The van der Waals surface area contributed by atoms with Gasteiger partial charge in [0, 0.05) is 18.0 Å². The van der Waals surface area contributed by atoms with E-state index in [9.17, 15) is 9.90 Å². The Morgan fingerprint density at radius 1 is 1.63 bits per heavy atom. The highest BCUT2D eigenvalue weighted by atomic mass is 35.5. The van der Waals surface area contributed by atoms with Crippen LogP contribution in [0.15, 0.2) is 11.0 Å². The van der Waals surface area contributed by atoms with Crippen molar-refractivity contribution in [3.63, 3.8) is 0 Å². The second kappa shape index (κ2) is 5.13. The molecule has 106 valence electrons. The number of aliphatic hydroxyl groups excluding tert-OH is 1. The second-order valence-electron chi connectivity index (χ2n) is 5.67. The van der Waals surface area contributed by atoms with Gasteiger partial charge in [-0.25, -0.2) is 4.68 Å². The van der Waals surface area contributed by atoms with Crippen LogP contribution < -0.4 is 10.9 Å². The molecule has 2 atom stereocenters. The zero-order chi connectivity index (χ0) is 14.2. The number of halogens is 1. The van der Waals surface area contributed by atoms with E-state index < -0.39 is 0 Å². The Hall–Kier alpha value is -1.07. The maximum absolute atomic E-state index is 12.0. The fourth-order valence-electron chi connectivity index (χ4n) is 2.27. The summed E-state index contributed by atoms with van der Waals surface area (Å²) in [6, 6.07) is 0.100.